The summed E-state index contributed by atoms with van der Waals surface area (Å²) in [6.45, 7) is 2.09. The number of benzene rings is 2. The Morgan fingerprint density at radius 1 is 1.17 bits per heavy atom. The van der Waals surface area contributed by atoms with E-state index in [1.165, 1.54) is 0 Å². The number of rotatable bonds is 5. The molecule has 5 nitrogen and oxygen atoms in total. The lowest BCUT2D eigenvalue weighted by atomic mass is 10.2. The number of amides is 1. The zero-order chi connectivity index (χ0) is 19.8. The van der Waals surface area contributed by atoms with Crippen molar-refractivity contribution in [1.29, 1.82) is 0 Å². The van der Waals surface area contributed by atoms with Gasteiger partial charge in [0.05, 0.1) is 21.5 Å². The van der Waals surface area contributed by atoms with Crippen LogP contribution in [-0.4, -0.2) is 26.4 Å². The Bertz CT molecular complexity index is 1180. The average Bonchev–Trinajstić information content (AvgIpc) is 3.43. The Morgan fingerprint density at radius 2 is 2.00 bits per heavy atom. The van der Waals surface area contributed by atoms with Crippen LogP contribution in [0.15, 0.2) is 53.4 Å². The van der Waals surface area contributed by atoms with Crippen LogP contribution in [0.25, 0.3) is 15.3 Å². The summed E-state index contributed by atoms with van der Waals surface area (Å²) in [6, 6.07) is 15.8. The van der Waals surface area contributed by atoms with Crippen LogP contribution in [0.1, 0.15) is 35.0 Å². The van der Waals surface area contributed by atoms with Gasteiger partial charge in [0.2, 0.25) is 5.13 Å². The maximum atomic E-state index is 13.2. The summed E-state index contributed by atoms with van der Waals surface area (Å²) >= 11 is 3.27. The molecular formula is C22H20N4OS2. The number of thiazole rings is 1. The highest BCUT2D eigenvalue weighted by Gasteiger charge is 2.26. The molecule has 0 bridgehead atoms. The first-order valence-corrected chi connectivity index (χ1v) is 11.5. The second-order valence-electron chi connectivity index (χ2n) is 6.89. The number of hydrogen-bond acceptors (Lipinski definition) is 5. The predicted molar refractivity (Wildman–Crippen MR) is 120 cm³/mol. The lowest BCUT2D eigenvalue weighted by molar-refractivity contribution is 0.102. The number of hydrogen-bond donors (Lipinski definition) is 1. The van der Waals surface area contributed by atoms with Gasteiger partial charge in [-0.25, -0.2) is 4.98 Å². The third kappa shape index (κ3) is 3.34. The van der Waals surface area contributed by atoms with E-state index in [4.69, 9.17) is 10.1 Å². The number of nitrogens with zero attached hydrogens (tertiary/aromatic N) is 3. The van der Waals surface area contributed by atoms with Gasteiger partial charge in [0.1, 0.15) is 5.82 Å². The third-order valence-electron chi connectivity index (χ3n) is 5.03. The number of fused-ring (bicyclic) bond motifs is 2. The van der Waals surface area contributed by atoms with E-state index in [1.54, 1.807) is 23.1 Å². The van der Waals surface area contributed by atoms with Crippen molar-refractivity contribution in [2.45, 2.75) is 31.1 Å². The van der Waals surface area contributed by atoms with Crippen LogP contribution in [0.5, 0.6) is 0 Å². The number of anilines is 1. The Morgan fingerprint density at radius 3 is 2.86 bits per heavy atom. The minimum atomic E-state index is -0.0986. The predicted octanol–water partition coefficient (Wildman–Crippen LogP) is 5.34. The fourth-order valence-corrected chi connectivity index (χ4v) is 5.45. The maximum Gasteiger partial charge on any atom is 0.257 e. The van der Waals surface area contributed by atoms with E-state index in [1.807, 2.05) is 47.1 Å². The number of thioether (sulfide) groups is 1. The molecule has 0 aliphatic heterocycles. The van der Waals surface area contributed by atoms with Crippen molar-refractivity contribution < 1.29 is 4.79 Å². The normalized spacial score (nSPS) is 13.0. The van der Waals surface area contributed by atoms with Gasteiger partial charge in [-0.2, -0.15) is 9.78 Å². The second-order valence-corrected chi connectivity index (χ2v) is 9.20. The topological polar surface area (TPSA) is 59.8 Å². The Kier molecular flexibility index (Phi) is 4.85. The van der Waals surface area contributed by atoms with Gasteiger partial charge in [0.25, 0.3) is 5.91 Å². The largest absolute Gasteiger partial charge is 0.306 e. The molecule has 1 amide bonds. The van der Waals surface area contributed by atoms with Crippen molar-refractivity contribution in [2.75, 3.05) is 11.1 Å². The van der Waals surface area contributed by atoms with E-state index in [-0.39, 0.29) is 5.91 Å². The van der Waals surface area contributed by atoms with E-state index in [0.717, 1.165) is 62.3 Å². The molecule has 2 heterocycles. The molecule has 29 heavy (non-hydrogen) atoms. The highest BCUT2D eigenvalue weighted by Crippen LogP contribution is 2.34. The van der Waals surface area contributed by atoms with E-state index in [2.05, 4.69) is 18.3 Å². The molecule has 0 radical (unpaired) electrons. The fraction of sp³-hybridized carbons (Fsp3) is 0.227. The number of para-hydroxylation sites is 1. The van der Waals surface area contributed by atoms with Crippen molar-refractivity contribution >= 4 is 45.0 Å². The number of carbonyl (C=O) groups excluding carboxylic acids is 1. The van der Waals surface area contributed by atoms with Gasteiger partial charge in [-0.1, -0.05) is 42.5 Å². The van der Waals surface area contributed by atoms with Crippen LogP contribution in [0.3, 0.4) is 0 Å². The van der Waals surface area contributed by atoms with E-state index in [9.17, 15) is 4.79 Å². The monoisotopic (exact) mass is 420 g/mol. The molecule has 0 saturated carbocycles. The van der Waals surface area contributed by atoms with E-state index in [0.29, 0.717) is 5.56 Å². The summed E-state index contributed by atoms with van der Waals surface area (Å²) in [7, 11) is 0. The zero-order valence-corrected chi connectivity index (χ0v) is 17.6. The molecular weight excluding hydrogens is 400 g/mol. The van der Waals surface area contributed by atoms with Crippen LogP contribution in [0, 0.1) is 0 Å². The van der Waals surface area contributed by atoms with E-state index < -0.39 is 0 Å². The molecule has 0 atom stereocenters. The minimum Gasteiger partial charge on any atom is -0.306 e. The maximum absolute atomic E-state index is 13.2. The van der Waals surface area contributed by atoms with Gasteiger partial charge in [-0.15, -0.1) is 11.8 Å². The average molecular weight is 421 g/mol. The molecule has 1 N–H and O–H groups in total. The van der Waals surface area contributed by atoms with E-state index >= 15 is 0 Å². The van der Waals surface area contributed by atoms with Gasteiger partial charge >= 0.3 is 0 Å². The Balaban J connectivity index is 1.56. The summed E-state index contributed by atoms with van der Waals surface area (Å²) < 4.78 is 2.93. The molecule has 0 unspecified atom stereocenters. The summed E-state index contributed by atoms with van der Waals surface area (Å²) in [5, 5.41) is 8.75. The van der Waals surface area contributed by atoms with Crippen LogP contribution in [0.4, 0.5) is 5.82 Å². The van der Waals surface area contributed by atoms with Crippen LogP contribution in [-0.2, 0) is 12.8 Å². The summed E-state index contributed by atoms with van der Waals surface area (Å²) in [5.74, 6) is 1.58. The van der Waals surface area contributed by atoms with Crippen molar-refractivity contribution in [3.63, 3.8) is 0 Å². The first-order chi connectivity index (χ1) is 14.2. The zero-order valence-electron chi connectivity index (χ0n) is 16.0. The molecule has 2 aromatic heterocycles. The van der Waals surface area contributed by atoms with Crippen molar-refractivity contribution in [1.82, 2.24) is 14.8 Å². The minimum absolute atomic E-state index is 0.0986. The second kappa shape index (κ2) is 7.65. The first kappa shape index (κ1) is 18.4. The third-order valence-corrected chi connectivity index (χ3v) is 7.00. The molecule has 1 aliphatic rings. The lowest BCUT2D eigenvalue weighted by Gasteiger charge is -2.11. The first-order valence-electron chi connectivity index (χ1n) is 9.74. The Hall–Kier alpha value is -2.64. The van der Waals surface area contributed by atoms with Crippen LogP contribution in [0.2, 0.25) is 0 Å². The molecule has 5 rings (SSSR count). The van der Waals surface area contributed by atoms with Gasteiger partial charge in [0, 0.05) is 10.5 Å². The standard InChI is InChI=1S/C22H20N4OS2/c1-2-28-18-12-5-3-8-15(18)21(27)24-20-14-9-7-11-16(14)25-26(20)22-23-17-10-4-6-13-19(17)29-22/h3-6,8,10,12-13H,2,7,9,11H2,1H3,(H,24,27). The lowest BCUT2D eigenvalue weighted by Crippen LogP contribution is -2.17. The quantitative estimate of drug-likeness (QED) is 0.443. The molecule has 7 heteroatoms. The highest BCUT2D eigenvalue weighted by atomic mass is 32.2. The number of carbonyl (C=O) groups is 1. The summed E-state index contributed by atoms with van der Waals surface area (Å²) in [4.78, 5) is 18.9. The molecule has 2 aromatic carbocycles. The molecule has 0 spiro atoms. The molecule has 146 valence electrons. The summed E-state index contributed by atoms with van der Waals surface area (Å²) in [6.07, 6.45) is 2.95. The van der Waals surface area contributed by atoms with Gasteiger partial charge in [-0.3, -0.25) is 4.79 Å². The van der Waals surface area contributed by atoms with Gasteiger partial charge < -0.3 is 5.32 Å². The fourth-order valence-electron chi connectivity index (χ4n) is 3.72. The van der Waals surface area contributed by atoms with Gasteiger partial charge in [0.15, 0.2) is 0 Å². The molecule has 0 fully saturated rings. The SMILES string of the molecule is CCSc1ccccc1C(=O)Nc1c2c(nn1-c1nc3ccccc3s1)CCC2. The molecule has 0 saturated heterocycles. The van der Waals surface area contributed by atoms with Crippen molar-refractivity contribution in [3.8, 4) is 5.13 Å². The molecule has 4 aromatic rings. The van der Waals surface area contributed by atoms with Crippen LogP contribution < -0.4 is 5.32 Å². The Labute approximate surface area is 177 Å². The van der Waals surface area contributed by atoms with Crippen molar-refractivity contribution in [2.24, 2.45) is 0 Å². The number of aromatic nitrogens is 3. The number of aryl methyl sites for hydroxylation is 1. The van der Waals surface area contributed by atoms with Gasteiger partial charge in [-0.05, 0) is 49.3 Å². The van der Waals surface area contributed by atoms with Crippen LogP contribution >= 0.6 is 23.1 Å². The number of nitrogens with one attached hydrogen (secondary N) is 1. The molecule has 1 aliphatic carbocycles. The van der Waals surface area contributed by atoms with Crippen molar-refractivity contribution in [3.05, 3.63) is 65.4 Å². The smallest absolute Gasteiger partial charge is 0.257 e. The highest BCUT2D eigenvalue weighted by molar-refractivity contribution is 7.99. The summed E-state index contributed by atoms with van der Waals surface area (Å²) in [5.41, 5.74) is 3.85.